The molecule has 3 heterocycles. The van der Waals surface area contributed by atoms with Crippen molar-refractivity contribution in [2.75, 3.05) is 44.7 Å². The summed E-state index contributed by atoms with van der Waals surface area (Å²) in [6, 6.07) is 21.3. The average molecular weight is 572 g/mol. The Morgan fingerprint density at radius 1 is 0.927 bits per heavy atom. The number of rotatable bonds is 6. The van der Waals surface area contributed by atoms with Crippen molar-refractivity contribution in [3.63, 3.8) is 0 Å². The summed E-state index contributed by atoms with van der Waals surface area (Å²) in [6.07, 6.45) is 2.11. The first-order chi connectivity index (χ1) is 19.9. The molecule has 3 aromatic carbocycles. The molecule has 7 nitrogen and oxygen atoms in total. The van der Waals surface area contributed by atoms with Crippen LogP contribution in [0.15, 0.2) is 66.7 Å². The van der Waals surface area contributed by atoms with Gasteiger partial charge in [-0.15, -0.1) is 0 Å². The molecule has 3 aliphatic rings. The predicted molar refractivity (Wildman–Crippen MR) is 163 cm³/mol. The lowest BCUT2D eigenvalue weighted by Gasteiger charge is -2.40. The number of hydrogen-bond donors (Lipinski definition) is 2. The summed E-state index contributed by atoms with van der Waals surface area (Å²) in [7, 11) is 2.17. The van der Waals surface area contributed by atoms with Crippen LogP contribution in [0.3, 0.4) is 0 Å². The third-order valence-electron chi connectivity index (χ3n) is 8.74. The summed E-state index contributed by atoms with van der Waals surface area (Å²) in [5.74, 6) is -0.163. The third-order valence-corrected chi connectivity index (χ3v) is 8.99. The Labute approximate surface area is 247 Å². The molecule has 0 radical (unpaired) electrons. The molecule has 41 heavy (non-hydrogen) atoms. The summed E-state index contributed by atoms with van der Waals surface area (Å²) < 4.78 is 0. The maximum atomic E-state index is 13.9. The largest absolute Gasteiger partial charge is 0.368 e. The number of nitrogens with zero attached hydrogens (tertiary/aromatic N) is 3. The predicted octanol–water partition coefficient (Wildman–Crippen LogP) is 3.42. The van der Waals surface area contributed by atoms with E-state index < -0.39 is 6.04 Å². The Kier molecular flexibility index (Phi) is 8.28. The first-order valence-corrected chi connectivity index (χ1v) is 15.0. The van der Waals surface area contributed by atoms with Crippen LogP contribution in [0.1, 0.15) is 27.8 Å². The number of anilines is 1. The smallest absolute Gasteiger partial charge is 0.245 e. The van der Waals surface area contributed by atoms with Crippen LogP contribution in [-0.4, -0.2) is 73.5 Å². The number of fused-ring (bicyclic) bond motifs is 2. The van der Waals surface area contributed by atoms with Crippen LogP contribution in [0.5, 0.6) is 0 Å². The second kappa shape index (κ2) is 12.2. The number of piperazine rings is 1. The van der Waals surface area contributed by atoms with Crippen molar-refractivity contribution in [2.45, 2.75) is 44.4 Å². The molecule has 8 heteroatoms. The Morgan fingerprint density at radius 2 is 1.66 bits per heavy atom. The molecule has 2 N–H and O–H groups in total. The molecular formula is C33H38ClN5O2. The lowest BCUT2D eigenvalue weighted by molar-refractivity contribution is -0.137. The molecule has 0 saturated carbocycles. The molecule has 2 amide bonds. The highest BCUT2D eigenvalue weighted by molar-refractivity contribution is 6.30. The number of hydrogen-bond acceptors (Lipinski definition) is 5. The van der Waals surface area contributed by atoms with Gasteiger partial charge in [0.25, 0.3) is 0 Å². The van der Waals surface area contributed by atoms with Gasteiger partial charge >= 0.3 is 0 Å². The van der Waals surface area contributed by atoms with Gasteiger partial charge in [-0.1, -0.05) is 60.1 Å². The number of likely N-dealkylation sites (N-methyl/N-ethyl adjacent to an activating group) is 1. The topological polar surface area (TPSA) is 67.9 Å². The molecule has 3 aromatic rings. The van der Waals surface area contributed by atoms with Crippen LogP contribution in [-0.2, 0) is 41.9 Å². The summed E-state index contributed by atoms with van der Waals surface area (Å²) in [5.41, 5.74) is 7.50. The Bertz CT molecular complexity index is 1400. The molecule has 214 valence electrons. The highest BCUT2D eigenvalue weighted by Crippen LogP contribution is 2.29. The highest BCUT2D eigenvalue weighted by atomic mass is 35.5. The third kappa shape index (κ3) is 6.27. The van der Waals surface area contributed by atoms with E-state index in [1.807, 2.05) is 41.3 Å². The molecular weight excluding hydrogens is 534 g/mol. The van der Waals surface area contributed by atoms with Crippen LogP contribution in [0.4, 0.5) is 5.69 Å². The van der Waals surface area contributed by atoms with E-state index in [4.69, 9.17) is 11.6 Å². The maximum absolute atomic E-state index is 13.9. The van der Waals surface area contributed by atoms with Gasteiger partial charge in [0.1, 0.15) is 6.04 Å². The number of halogens is 1. The number of nitrogens with one attached hydrogen (secondary N) is 2. The fourth-order valence-electron chi connectivity index (χ4n) is 6.35. The molecule has 3 aliphatic heterocycles. The van der Waals surface area contributed by atoms with Crippen LogP contribution in [0.25, 0.3) is 0 Å². The van der Waals surface area contributed by atoms with Crippen LogP contribution < -0.4 is 15.5 Å². The summed E-state index contributed by atoms with van der Waals surface area (Å²) in [6.45, 7) is 5.48. The number of carbonyl (C=O) groups excluding carboxylic acids is 2. The number of carbonyl (C=O) groups is 2. The summed E-state index contributed by atoms with van der Waals surface area (Å²) in [5, 5.41) is 7.13. The minimum Gasteiger partial charge on any atom is -0.368 e. The lowest BCUT2D eigenvalue weighted by Crippen LogP contribution is -2.58. The number of amides is 2. The van der Waals surface area contributed by atoms with Gasteiger partial charge in [-0.3, -0.25) is 9.59 Å². The van der Waals surface area contributed by atoms with Crippen molar-refractivity contribution in [2.24, 2.45) is 0 Å². The van der Waals surface area contributed by atoms with Crippen molar-refractivity contribution in [1.29, 1.82) is 0 Å². The van der Waals surface area contributed by atoms with Crippen LogP contribution in [0.2, 0.25) is 5.02 Å². The standard InChI is InChI=1S/C33H38ClN5O2/c1-37-14-13-24-7-4-8-31(28(24)22-37)38-15-17-39(18-16-38)33(41)30(19-23-9-11-27(34)12-10-23)36-32(40)29-20-25-5-2-3-6-26(25)21-35-29/h2-12,29-30,35H,13-22H2,1H3,(H,36,40)/t29-,30-/m1/s1. The van der Waals surface area contributed by atoms with Crippen LogP contribution >= 0.6 is 11.6 Å². The Balaban J connectivity index is 1.15. The van der Waals surface area contributed by atoms with Gasteiger partial charge in [0, 0.05) is 62.9 Å². The van der Waals surface area contributed by atoms with Crippen molar-refractivity contribution in [1.82, 2.24) is 20.4 Å². The summed E-state index contributed by atoms with van der Waals surface area (Å²) >= 11 is 6.12. The van der Waals surface area contributed by atoms with E-state index in [0.29, 0.717) is 37.5 Å². The molecule has 0 unspecified atom stereocenters. The lowest BCUT2D eigenvalue weighted by atomic mass is 9.95. The minimum atomic E-state index is -0.646. The van der Waals surface area contributed by atoms with Gasteiger partial charge in [0.2, 0.25) is 11.8 Å². The Hall–Kier alpha value is -3.39. The first kappa shape index (κ1) is 27.8. The second-order valence-electron chi connectivity index (χ2n) is 11.5. The number of benzene rings is 3. The summed E-state index contributed by atoms with van der Waals surface area (Å²) in [4.78, 5) is 34.1. The molecule has 1 fully saturated rings. The monoisotopic (exact) mass is 571 g/mol. The van der Waals surface area contributed by atoms with E-state index in [2.05, 4.69) is 57.8 Å². The molecule has 6 rings (SSSR count). The van der Waals surface area contributed by atoms with E-state index in [9.17, 15) is 9.59 Å². The van der Waals surface area contributed by atoms with E-state index >= 15 is 0 Å². The van der Waals surface area contributed by atoms with E-state index in [-0.39, 0.29) is 17.9 Å². The van der Waals surface area contributed by atoms with Crippen molar-refractivity contribution in [3.8, 4) is 0 Å². The highest BCUT2D eigenvalue weighted by Gasteiger charge is 2.32. The zero-order valence-corrected chi connectivity index (χ0v) is 24.4. The fourth-order valence-corrected chi connectivity index (χ4v) is 6.48. The molecule has 0 spiro atoms. The molecule has 0 aliphatic carbocycles. The van der Waals surface area contributed by atoms with E-state index in [1.165, 1.54) is 27.9 Å². The van der Waals surface area contributed by atoms with E-state index in [1.54, 1.807) is 0 Å². The quantitative estimate of drug-likeness (QED) is 0.475. The van der Waals surface area contributed by atoms with Gasteiger partial charge in [0.15, 0.2) is 0 Å². The van der Waals surface area contributed by atoms with E-state index in [0.717, 1.165) is 38.2 Å². The van der Waals surface area contributed by atoms with Crippen molar-refractivity contribution >= 4 is 29.1 Å². The van der Waals surface area contributed by atoms with Crippen molar-refractivity contribution < 1.29 is 9.59 Å². The normalized spacial score (nSPS) is 19.7. The molecule has 1 saturated heterocycles. The van der Waals surface area contributed by atoms with Gasteiger partial charge < -0.3 is 25.3 Å². The van der Waals surface area contributed by atoms with Crippen molar-refractivity contribution in [3.05, 3.63) is 99.6 Å². The zero-order valence-electron chi connectivity index (χ0n) is 23.6. The molecule has 0 aromatic heterocycles. The average Bonchev–Trinajstić information content (AvgIpc) is 3.01. The van der Waals surface area contributed by atoms with Gasteiger partial charge in [-0.05, 0) is 65.9 Å². The van der Waals surface area contributed by atoms with Gasteiger partial charge in [-0.25, -0.2) is 0 Å². The molecule has 0 bridgehead atoms. The Morgan fingerprint density at radius 3 is 2.44 bits per heavy atom. The minimum absolute atomic E-state index is 0.0287. The maximum Gasteiger partial charge on any atom is 0.245 e. The van der Waals surface area contributed by atoms with Gasteiger partial charge in [-0.2, -0.15) is 0 Å². The van der Waals surface area contributed by atoms with Gasteiger partial charge in [0.05, 0.1) is 6.04 Å². The fraction of sp³-hybridized carbons (Fsp3) is 0.394. The second-order valence-corrected chi connectivity index (χ2v) is 11.9. The zero-order chi connectivity index (χ0) is 28.3. The SMILES string of the molecule is CN1CCc2cccc(N3CCN(C(=O)[C@@H](Cc4ccc(Cl)cc4)NC(=O)[C@H]4Cc5ccccc5CN4)CC3)c2C1. The van der Waals surface area contributed by atoms with Crippen LogP contribution in [0, 0.1) is 0 Å². The first-order valence-electron chi connectivity index (χ1n) is 14.6. The molecule has 2 atom stereocenters.